The molecule has 2 aliphatic rings. The first-order chi connectivity index (χ1) is 8.70. The van der Waals surface area contributed by atoms with E-state index < -0.39 is 0 Å². The fourth-order valence-corrected chi connectivity index (χ4v) is 4.62. The molecule has 1 fully saturated rings. The maximum atomic E-state index is 6.26. The van der Waals surface area contributed by atoms with Gasteiger partial charge >= 0.3 is 0 Å². The molecule has 2 aliphatic carbocycles. The van der Waals surface area contributed by atoms with E-state index in [1.807, 2.05) is 11.8 Å². The van der Waals surface area contributed by atoms with Gasteiger partial charge in [0.25, 0.3) is 0 Å². The van der Waals surface area contributed by atoms with Crippen LogP contribution < -0.4 is 5.73 Å². The van der Waals surface area contributed by atoms with E-state index in [1.54, 1.807) is 5.69 Å². The van der Waals surface area contributed by atoms with Gasteiger partial charge < -0.3 is 10.3 Å². The summed E-state index contributed by atoms with van der Waals surface area (Å²) in [7, 11) is 0. The summed E-state index contributed by atoms with van der Waals surface area (Å²) in [6, 6.07) is 3.37. The molecule has 3 unspecified atom stereocenters. The predicted octanol–water partition coefficient (Wildman–Crippen LogP) is 3.59. The van der Waals surface area contributed by atoms with Gasteiger partial charge in [0, 0.05) is 28.7 Å². The summed E-state index contributed by atoms with van der Waals surface area (Å²) in [5, 5.41) is 0.865. The third kappa shape index (κ3) is 2.01. The van der Waals surface area contributed by atoms with E-state index >= 15 is 0 Å². The Morgan fingerprint density at radius 1 is 1.33 bits per heavy atom. The summed E-state index contributed by atoms with van der Waals surface area (Å²) < 4.78 is 2.63. The molecule has 0 radical (unpaired) electrons. The third-order valence-corrected chi connectivity index (χ3v) is 5.85. The molecule has 0 amide bonds. The Morgan fingerprint density at radius 2 is 2.17 bits per heavy atom. The summed E-state index contributed by atoms with van der Waals surface area (Å²) in [4.78, 5) is 0. The summed E-state index contributed by atoms with van der Waals surface area (Å²) in [5.41, 5.74) is 10.7. The van der Waals surface area contributed by atoms with Crippen LogP contribution in [0.1, 0.15) is 61.1 Å². The molecule has 2 nitrogen and oxygen atoms in total. The van der Waals surface area contributed by atoms with Crippen molar-refractivity contribution in [2.24, 2.45) is 5.73 Å². The van der Waals surface area contributed by atoms with Crippen LogP contribution in [-0.4, -0.2) is 16.1 Å². The van der Waals surface area contributed by atoms with Gasteiger partial charge in [0.1, 0.15) is 0 Å². The van der Waals surface area contributed by atoms with Gasteiger partial charge in [0.2, 0.25) is 0 Å². The topological polar surface area (TPSA) is 30.9 Å². The first-order valence-corrected chi connectivity index (χ1v) is 8.48. The normalized spacial score (nSPS) is 31.6. The van der Waals surface area contributed by atoms with Crippen molar-refractivity contribution in [2.45, 2.75) is 62.8 Å². The van der Waals surface area contributed by atoms with Crippen LogP contribution >= 0.6 is 11.8 Å². The molecule has 100 valence electrons. The molecular formula is C15H24N2S. The summed E-state index contributed by atoms with van der Waals surface area (Å²) >= 11 is 2.04. The molecule has 1 aromatic heterocycles. The molecule has 3 atom stereocenters. The van der Waals surface area contributed by atoms with E-state index in [-0.39, 0.29) is 6.04 Å². The molecule has 1 heterocycles. The van der Waals surface area contributed by atoms with Gasteiger partial charge in [-0.15, -0.1) is 0 Å². The highest BCUT2D eigenvalue weighted by molar-refractivity contribution is 7.99. The van der Waals surface area contributed by atoms with Crippen LogP contribution in [0.4, 0.5) is 0 Å². The minimum atomic E-state index is 0.284. The van der Waals surface area contributed by atoms with Crippen LogP contribution in [-0.2, 0) is 6.42 Å². The van der Waals surface area contributed by atoms with E-state index in [1.165, 1.54) is 43.4 Å². The molecule has 1 saturated carbocycles. The SMILES string of the molecule is CSC1CCC(n2c(C)cc3c2CCCC3N)C1. The number of fused-ring (bicyclic) bond motifs is 1. The Bertz CT molecular complexity index is 438. The van der Waals surface area contributed by atoms with Gasteiger partial charge in [-0.2, -0.15) is 11.8 Å². The van der Waals surface area contributed by atoms with E-state index in [0.717, 1.165) is 17.7 Å². The van der Waals surface area contributed by atoms with Crippen molar-refractivity contribution in [3.8, 4) is 0 Å². The first-order valence-electron chi connectivity index (χ1n) is 7.19. The van der Waals surface area contributed by atoms with Crippen LogP contribution in [0.25, 0.3) is 0 Å². The molecular weight excluding hydrogens is 240 g/mol. The van der Waals surface area contributed by atoms with Crippen molar-refractivity contribution in [1.29, 1.82) is 0 Å². The third-order valence-electron chi connectivity index (χ3n) is 4.75. The number of thioether (sulfide) groups is 1. The molecule has 0 spiro atoms. The molecule has 18 heavy (non-hydrogen) atoms. The lowest BCUT2D eigenvalue weighted by molar-refractivity contribution is 0.468. The van der Waals surface area contributed by atoms with E-state index in [4.69, 9.17) is 5.73 Å². The van der Waals surface area contributed by atoms with Crippen molar-refractivity contribution in [3.05, 3.63) is 23.0 Å². The fraction of sp³-hybridized carbons (Fsp3) is 0.733. The standard InChI is InChI=1S/C15H24N2S/c1-10-8-13-14(16)4-3-5-15(13)17(10)11-6-7-12(9-11)18-2/h8,11-12,14H,3-7,9,16H2,1-2H3. The van der Waals surface area contributed by atoms with Crippen molar-refractivity contribution in [2.75, 3.05) is 6.26 Å². The number of nitrogens with two attached hydrogens (primary N) is 1. The van der Waals surface area contributed by atoms with Crippen LogP contribution in [0.3, 0.4) is 0 Å². The zero-order valence-corrected chi connectivity index (χ0v) is 12.3. The predicted molar refractivity (Wildman–Crippen MR) is 79.2 cm³/mol. The van der Waals surface area contributed by atoms with Crippen LogP contribution in [0.15, 0.2) is 6.07 Å². The number of aromatic nitrogens is 1. The number of hydrogen-bond acceptors (Lipinski definition) is 2. The quantitative estimate of drug-likeness (QED) is 0.885. The largest absolute Gasteiger partial charge is 0.346 e. The van der Waals surface area contributed by atoms with Crippen molar-refractivity contribution < 1.29 is 0 Å². The van der Waals surface area contributed by atoms with E-state index in [2.05, 4.69) is 23.8 Å². The van der Waals surface area contributed by atoms with E-state index in [9.17, 15) is 0 Å². The molecule has 1 aromatic rings. The molecule has 3 heteroatoms. The number of aryl methyl sites for hydroxylation is 1. The zero-order chi connectivity index (χ0) is 12.7. The van der Waals surface area contributed by atoms with Gasteiger partial charge in [0.15, 0.2) is 0 Å². The van der Waals surface area contributed by atoms with Crippen molar-refractivity contribution in [1.82, 2.24) is 4.57 Å². The first kappa shape index (κ1) is 12.6. The maximum absolute atomic E-state index is 6.26. The molecule has 0 aromatic carbocycles. The lowest BCUT2D eigenvalue weighted by Crippen LogP contribution is -2.20. The average Bonchev–Trinajstić information content (AvgIpc) is 2.93. The second kappa shape index (κ2) is 4.93. The average molecular weight is 264 g/mol. The second-order valence-electron chi connectivity index (χ2n) is 5.88. The second-order valence-corrected chi connectivity index (χ2v) is 7.02. The zero-order valence-electron chi connectivity index (χ0n) is 11.5. The van der Waals surface area contributed by atoms with Crippen LogP contribution in [0.2, 0.25) is 0 Å². The monoisotopic (exact) mass is 264 g/mol. The highest BCUT2D eigenvalue weighted by atomic mass is 32.2. The van der Waals surface area contributed by atoms with Crippen molar-refractivity contribution >= 4 is 11.8 Å². The minimum absolute atomic E-state index is 0.284. The minimum Gasteiger partial charge on any atom is -0.346 e. The molecule has 2 N–H and O–H groups in total. The smallest absolute Gasteiger partial charge is 0.0346 e. The van der Waals surface area contributed by atoms with Gasteiger partial charge in [-0.3, -0.25) is 0 Å². The van der Waals surface area contributed by atoms with Gasteiger partial charge in [0.05, 0.1) is 0 Å². The van der Waals surface area contributed by atoms with Gasteiger partial charge in [-0.1, -0.05) is 0 Å². The highest BCUT2D eigenvalue weighted by Crippen LogP contribution is 2.40. The molecule has 0 saturated heterocycles. The number of hydrogen-bond donors (Lipinski definition) is 1. The molecule has 0 bridgehead atoms. The van der Waals surface area contributed by atoms with E-state index in [0.29, 0.717) is 0 Å². The van der Waals surface area contributed by atoms with Crippen LogP contribution in [0.5, 0.6) is 0 Å². The highest BCUT2D eigenvalue weighted by Gasteiger charge is 2.30. The summed E-state index contributed by atoms with van der Waals surface area (Å²) in [6.07, 6.45) is 9.98. The van der Waals surface area contributed by atoms with Gasteiger partial charge in [-0.05, 0) is 63.3 Å². The number of rotatable bonds is 2. The fourth-order valence-electron chi connectivity index (χ4n) is 3.84. The Morgan fingerprint density at radius 3 is 2.89 bits per heavy atom. The van der Waals surface area contributed by atoms with Crippen molar-refractivity contribution in [3.63, 3.8) is 0 Å². The Labute approximate surface area is 114 Å². The van der Waals surface area contributed by atoms with Crippen LogP contribution in [0, 0.1) is 6.92 Å². The van der Waals surface area contributed by atoms with Gasteiger partial charge in [-0.25, -0.2) is 0 Å². The Kier molecular flexibility index (Phi) is 3.46. The lowest BCUT2D eigenvalue weighted by atomic mass is 9.93. The molecule has 3 rings (SSSR count). The molecule has 0 aliphatic heterocycles. The Hall–Kier alpha value is -0.410. The lowest BCUT2D eigenvalue weighted by Gasteiger charge is -2.24. The summed E-state index contributed by atoms with van der Waals surface area (Å²) in [5.74, 6) is 0. The maximum Gasteiger partial charge on any atom is 0.0346 e. The Balaban J connectivity index is 1.93. The number of nitrogens with zero attached hydrogens (tertiary/aromatic N) is 1. The summed E-state index contributed by atoms with van der Waals surface area (Å²) in [6.45, 7) is 2.26.